The second-order valence-corrected chi connectivity index (χ2v) is 7.17. The number of hydrogen-bond acceptors (Lipinski definition) is 5. The second-order valence-electron chi connectivity index (χ2n) is 7.17. The van der Waals surface area contributed by atoms with Gasteiger partial charge >= 0.3 is 0 Å². The highest BCUT2D eigenvalue weighted by molar-refractivity contribution is 5.81. The summed E-state index contributed by atoms with van der Waals surface area (Å²) in [7, 11) is 3.23. The van der Waals surface area contributed by atoms with Gasteiger partial charge in [-0.2, -0.15) is 0 Å². The van der Waals surface area contributed by atoms with Crippen LogP contribution in [0.2, 0.25) is 0 Å². The molecule has 4 rings (SSSR count). The van der Waals surface area contributed by atoms with E-state index in [-0.39, 0.29) is 19.1 Å². The molecule has 0 unspecified atom stereocenters. The predicted octanol–water partition coefficient (Wildman–Crippen LogP) is 3.95. The maximum Gasteiger partial charge on any atom is 0.240 e. The third-order valence-corrected chi connectivity index (χ3v) is 5.11. The number of fused-ring (bicyclic) bond motifs is 1. The van der Waals surface area contributed by atoms with E-state index in [2.05, 4.69) is 10.3 Å². The lowest BCUT2D eigenvalue weighted by molar-refractivity contribution is -0.121. The zero-order valence-corrected chi connectivity index (χ0v) is 18.1. The molecule has 1 heterocycles. The van der Waals surface area contributed by atoms with E-state index in [1.54, 1.807) is 14.2 Å². The van der Waals surface area contributed by atoms with Crippen LogP contribution in [0.4, 0.5) is 0 Å². The largest absolute Gasteiger partial charge is 0.497 e. The molecule has 0 aliphatic carbocycles. The fraction of sp³-hybridized carbons (Fsp3) is 0.200. The number of para-hydroxylation sites is 4. The van der Waals surface area contributed by atoms with Gasteiger partial charge in [0, 0.05) is 6.54 Å². The molecule has 32 heavy (non-hydrogen) atoms. The molecule has 1 N–H and O–H groups in total. The van der Waals surface area contributed by atoms with Crippen molar-refractivity contribution >= 4 is 16.9 Å². The SMILES string of the molecule is COc1ccc(CNC(=O)Cn2c(COc3ccccc3OC)nc3ccccc32)cc1. The van der Waals surface area contributed by atoms with E-state index in [0.717, 1.165) is 22.3 Å². The fourth-order valence-electron chi connectivity index (χ4n) is 3.44. The summed E-state index contributed by atoms with van der Waals surface area (Å²) in [4.78, 5) is 17.4. The van der Waals surface area contributed by atoms with Gasteiger partial charge in [-0.3, -0.25) is 4.79 Å². The van der Waals surface area contributed by atoms with E-state index in [4.69, 9.17) is 14.2 Å². The quantitative estimate of drug-likeness (QED) is 0.434. The number of methoxy groups -OCH3 is 2. The van der Waals surface area contributed by atoms with Crippen LogP contribution in [0.3, 0.4) is 0 Å². The minimum absolute atomic E-state index is 0.109. The maximum atomic E-state index is 12.7. The molecule has 0 aliphatic heterocycles. The van der Waals surface area contributed by atoms with Crippen LogP contribution in [0.25, 0.3) is 11.0 Å². The molecule has 7 heteroatoms. The summed E-state index contributed by atoms with van der Waals surface area (Å²) >= 11 is 0. The van der Waals surface area contributed by atoms with Crippen LogP contribution in [-0.2, 0) is 24.5 Å². The number of nitrogens with zero attached hydrogens (tertiary/aromatic N) is 2. The molecule has 1 amide bonds. The Morgan fingerprint density at radius 1 is 0.906 bits per heavy atom. The van der Waals surface area contributed by atoms with Crippen LogP contribution in [-0.4, -0.2) is 29.7 Å². The van der Waals surface area contributed by atoms with Crippen molar-refractivity contribution in [1.82, 2.24) is 14.9 Å². The standard InChI is InChI=1S/C25H25N3O4/c1-30-19-13-11-18(12-14-19)15-26-25(29)16-28-21-8-4-3-7-20(21)27-24(28)17-32-23-10-6-5-9-22(23)31-2/h3-14H,15-17H2,1-2H3,(H,26,29). The van der Waals surface area contributed by atoms with Gasteiger partial charge in [-0.05, 0) is 42.0 Å². The third kappa shape index (κ3) is 4.83. The van der Waals surface area contributed by atoms with Gasteiger partial charge in [0.1, 0.15) is 24.7 Å². The lowest BCUT2D eigenvalue weighted by Crippen LogP contribution is -2.28. The van der Waals surface area contributed by atoms with Crippen molar-refractivity contribution in [2.75, 3.05) is 14.2 Å². The summed E-state index contributed by atoms with van der Waals surface area (Å²) < 4.78 is 18.4. The molecule has 0 radical (unpaired) electrons. The Kier molecular flexibility index (Phi) is 6.55. The number of carbonyl (C=O) groups excluding carboxylic acids is 1. The lowest BCUT2D eigenvalue weighted by Gasteiger charge is -2.13. The Hall–Kier alpha value is -4.00. The topological polar surface area (TPSA) is 74.6 Å². The lowest BCUT2D eigenvalue weighted by atomic mass is 10.2. The molecular formula is C25H25N3O4. The van der Waals surface area contributed by atoms with Crippen molar-refractivity contribution < 1.29 is 19.0 Å². The Morgan fingerprint density at radius 2 is 1.62 bits per heavy atom. The smallest absolute Gasteiger partial charge is 0.240 e. The summed E-state index contributed by atoms with van der Waals surface area (Å²) in [5, 5.41) is 2.97. The fourth-order valence-corrected chi connectivity index (χ4v) is 3.44. The van der Waals surface area contributed by atoms with E-state index in [9.17, 15) is 4.79 Å². The van der Waals surface area contributed by atoms with Crippen LogP contribution in [0.5, 0.6) is 17.2 Å². The normalized spacial score (nSPS) is 10.7. The summed E-state index contributed by atoms with van der Waals surface area (Å²) in [5.74, 6) is 2.61. The number of ether oxygens (including phenoxy) is 3. The summed E-state index contributed by atoms with van der Waals surface area (Å²) in [6, 6.07) is 22.8. The summed E-state index contributed by atoms with van der Waals surface area (Å²) in [5.41, 5.74) is 2.69. The molecule has 0 aliphatic rings. The van der Waals surface area contributed by atoms with E-state index < -0.39 is 0 Å². The van der Waals surface area contributed by atoms with Crippen molar-refractivity contribution in [1.29, 1.82) is 0 Å². The molecule has 3 aromatic carbocycles. The second kappa shape index (κ2) is 9.87. The van der Waals surface area contributed by atoms with Crippen molar-refractivity contribution in [2.24, 2.45) is 0 Å². The first-order valence-electron chi connectivity index (χ1n) is 10.3. The Morgan fingerprint density at radius 3 is 2.38 bits per heavy atom. The van der Waals surface area contributed by atoms with Gasteiger partial charge in [0.25, 0.3) is 0 Å². The van der Waals surface area contributed by atoms with Crippen LogP contribution in [0, 0.1) is 0 Å². The highest BCUT2D eigenvalue weighted by Gasteiger charge is 2.15. The van der Waals surface area contributed by atoms with E-state index in [1.807, 2.05) is 77.4 Å². The first kappa shape index (κ1) is 21.2. The predicted molar refractivity (Wildman–Crippen MR) is 122 cm³/mol. The minimum atomic E-state index is -0.109. The molecule has 164 valence electrons. The number of carbonyl (C=O) groups is 1. The van der Waals surface area contributed by atoms with E-state index >= 15 is 0 Å². The van der Waals surface area contributed by atoms with E-state index in [0.29, 0.717) is 23.9 Å². The number of amides is 1. The molecule has 0 bridgehead atoms. The molecule has 0 saturated heterocycles. The Bertz CT molecular complexity index is 1200. The van der Waals surface area contributed by atoms with Gasteiger partial charge < -0.3 is 24.1 Å². The molecule has 7 nitrogen and oxygen atoms in total. The first-order valence-corrected chi connectivity index (χ1v) is 10.3. The highest BCUT2D eigenvalue weighted by atomic mass is 16.5. The highest BCUT2D eigenvalue weighted by Crippen LogP contribution is 2.27. The zero-order chi connectivity index (χ0) is 22.3. The molecule has 4 aromatic rings. The molecule has 1 aromatic heterocycles. The Labute approximate surface area is 186 Å². The minimum Gasteiger partial charge on any atom is -0.497 e. The van der Waals surface area contributed by atoms with Crippen molar-refractivity contribution in [3.63, 3.8) is 0 Å². The zero-order valence-electron chi connectivity index (χ0n) is 18.1. The maximum absolute atomic E-state index is 12.7. The van der Waals surface area contributed by atoms with Crippen molar-refractivity contribution in [2.45, 2.75) is 19.7 Å². The van der Waals surface area contributed by atoms with Gasteiger partial charge in [0.15, 0.2) is 11.5 Å². The van der Waals surface area contributed by atoms with Gasteiger partial charge in [-0.25, -0.2) is 4.98 Å². The Balaban J connectivity index is 1.48. The number of nitrogens with one attached hydrogen (secondary N) is 1. The van der Waals surface area contributed by atoms with Crippen molar-refractivity contribution in [3.05, 3.63) is 84.2 Å². The number of rotatable bonds is 9. The molecule has 0 fully saturated rings. The van der Waals surface area contributed by atoms with Gasteiger partial charge in [0.2, 0.25) is 5.91 Å². The average Bonchev–Trinajstić information content (AvgIpc) is 3.19. The van der Waals surface area contributed by atoms with Gasteiger partial charge in [0.05, 0.1) is 25.3 Å². The van der Waals surface area contributed by atoms with E-state index in [1.165, 1.54) is 0 Å². The third-order valence-electron chi connectivity index (χ3n) is 5.11. The number of aromatic nitrogens is 2. The molecule has 0 spiro atoms. The molecular weight excluding hydrogens is 406 g/mol. The van der Waals surface area contributed by atoms with Gasteiger partial charge in [-0.15, -0.1) is 0 Å². The summed E-state index contributed by atoms with van der Waals surface area (Å²) in [6.07, 6.45) is 0. The summed E-state index contributed by atoms with van der Waals surface area (Å²) in [6.45, 7) is 0.782. The average molecular weight is 431 g/mol. The molecule has 0 atom stereocenters. The molecule has 0 saturated carbocycles. The van der Waals surface area contributed by atoms with Gasteiger partial charge in [-0.1, -0.05) is 36.4 Å². The van der Waals surface area contributed by atoms with Crippen LogP contribution in [0.15, 0.2) is 72.8 Å². The number of imidazole rings is 1. The van der Waals surface area contributed by atoms with Crippen LogP contribution >= 0.6 is 0 Å². The monoisotopic (exact) mass is 431 g/mol. The number of hydrogen-bond donors (Lipinski definition) is 1. The van der Waals surface area contributed by atoms with Crippen LogP contribution < -0.4 is 19.5 Å². The first-order chi connectivity index (χ1) is 15.7. The van der Waals surface area contributed by atoms with Crippen molar-refractivity contribution in [3.8, 4) is 17.2 Å². The van der Waals surface area contributed by atoms with Crippen LogP contribution in [0.1, 0.15) is 11.4 Å². The number of benzene rings is 3.